The lowest BCUT2D eigenvalue weighted by Gasteiger charge is -2.48. The summed E-state index contributed by atoms with van der Waals surface area (Å²) in [5.74, 6) is 0. The molecule has 0 unspecified atom stereocenters. The standard InChI is InChI=1S/C77H86BN3O/c1-47-39-59-61(77(17,18)38-37-75(59,13)14)46-64(47)80-65-45-53(79(51-25-21-23-48(40-51)71(2,3)4)52-26-22-24-49(41-52)72(5,6)7)30-33-62(65)78-69-57(42-50(43-66(69)80)73(8,9)10)68-63(34-31-56-55-27-19-20-28-67(55)82-70(56)68)81(78)54-29-32-58-60(44-54)76(15,16)36-35-74(58,11)12/h19-34,39-46H,35-38H2,1-18H3. The Morgan fingerprint density at radius 2 is 1.01 bits per heavy atom. The third-order valence-electron chi connectivity index (χ3n) is 20.1. The molecule has 1 aromatic heterocycles. The van der Waals surface area contributed by atoms with Gasteiger partial charge >= 0.3 is 6.85 Å². The van der Waals surface area contributed by atoms with E-state index in [0.29, 0.717) is 0 Å². The van der Waals surface area contributed by atoms with Gasteiger partial charge in [0.25, 0.3) is 0 Å². The van der Waals surface area contributed by atoms with E-state index in [9.17, 15) is 0 Å². The summed E-state index contributed by atoms with van der Waals surface area (Å²) in [5, 5.41) is 2.29. The number of anilines is 8. The second kappa shape index (κ2) is 18.0. The first-order chi connectivity index (χ1) is 38.4. The van der Waals surface area contributed by atoms with Gasteiger partial charge in [-0.15, -0.1) is 0 Å². The Kier molecular flexibility index (Phi) is 11.9. The molecule has 0 atom stereocenters. The molecule has 0 radical (unpaired) electrons. The Morgan fingerprint density at radius 1 is 0.451 bits per heavy atom. The topological polar surface area (TPSA) is 22.9 Å². The minimum absolute atomic E-state index is 0.00659. The fraction of sp³-hybridized carbons (Fsp3) is 0.377. The van der Waals surface area contributed by atoms with Crippen LogP contribution < -0.4 is 25.5 Å². The van der Waals surface area contributed by atoms with E-state index >= 15 is 0 Å². The molecule has 2 aliphatic carbocycles. The Labute approximate surface area is 491 Å². The zero-order valence-electron chi connectivity index (χ0n) is 52.5. The van der Waals surface area contributed by atoms with Crippen LogP contribution in [0.2, 0.25) is 0 Å². The van der Waals surface area contributed by atoms with Gasteiger partial charge in [0.15, 0.2) is 0 Å². The molecular weight excluding hydrogens is 994 g/mol. The Hall–Kier alpha value is -6.98. The van der Waals surface area contributed by atoms with Crippen LogP contribution in [0.1, 0.15) is 188 Å². The highest BCUT2D eigenvalue weighted by molar-refractivity contribution is 6.93. The maximum atomic E-state index is 7.24. The Bertz CT molecular complexity index is 4050. The van der Waals surface area contributed by atoms with E-state index in [0.717, 1.165) is 58.3 Å². The third-order valence-corrected chi connectivity index (χ3v) is 20.1. The van der Waals surface area contributed by atoms with Crippen LogP contribution in [0.15, 0.2) is 150 Å². The van der Waals surface area contributed by atoms with Crippen LogP contribution in [-0.2, 0) is 37.9 Å². The molecule has 3 heterocycles. The van der Waals surface area contributed by atoms with Crippen molar-refractivity contribution in [2.45, 2.75) is 188 Å². The second-order valence-electron chi connectivity index (χ2n) is 30.9. The molecular formula is C77H86BN3O. The number of nitrogens with zero attached hydrogens (tertiary/aromatic N) is 3. The molecule has 4 aliphatic rings. The summed E-state index contributed by atoms with van der Waals surface area (Å²) in [6, 6.07) is 57.3. The van der Waals surface area contributed by atoms with Crippen LogP contribution in [0.5, 0.6) is 0 Å². The number of furan rings is 1. The van der Waals surface area contributed by atoms with Crippen molar-refractivity contribution in [2.24, 2.45) is 0 Å². The predicted molar refractivity (Wildman–Crippen MR) is 354 cm³/mol. The monoisotopic (exact) mass is 1080 g/mol. The van der Waals surface area contributed by atoms with E-state index in [1.165, 1.54) is 101 Å². The van der Waals surface area contributed by atoms with Crippen molar-refractivity contribution < 1.29 is 4.42 Å². The minimum Gasteiger partial charge on any atom is -0.455 e. The molecule has 2 aliphatic heterocycles. The molecule has 0 N–H and O–H groups in total. The number of benzene rings is 8. The van der Waals surface area contributed by atoms with Gasteiger partial charge in [-0.05, 0) is 210 Å². The van der Waals surface area contributed by atoms with E-state index < -0.39 is 0 Å². The van der Waals surface area contributed by atoms with Crippen molar-refractivity contribution in [1.82, 2.24) is 0 Å². The fourth-order valence-electron chi connectivity index (χ4n) is 14.7. The van der Waals surface area contributed by atoms with Gasteiger partial charge in [0, 0.05) is 61.8 Å². The molecule has 0 spiro atoms. The maximum absolute atomic E-state index is 7.24. The van der Waals surface area contributed by atoms with Crippen LogP contribution in [0.25, 0.3) is 33.1 Å². The first kappa shape index (κ1) is 54.3. The lowest BCUT2D eigenvalue weighted by molar-refractivity contribution is 0.332. The zero-order valence-corrected chi connectivity index (χ0v) is 52.5. The van der Waals surface area contributed by atoms with Crippen LogP contribution in [0.3, 0.4) is 0 Å². The molecule has 8 aromatic carbocycles. The molecule has 0 bridgehead atoms. The van der Waals surface area contributed by atoms with Gasteiger partial charge in [0.2, 0.25) is 0 Å². The number of para-hydroxylation sites is 1. The summed E-state index contributed by atoms with van der Waals surface area (Å²) in [4.78, 5) is 7.97. The molecule has 0 amide bonds. The van der Waals surface area contributed by atoms with Crippen molar-refractivity contribution in [1.29, 1.82) is 0 Å². The van der Waals surface area contributed by atoms with Gasteiger partial charge in [-0.25, -0.2) is 0 Å². The van der Waals surface area contributed by atoms with Crippen LogP contribution >= 0.6 is 0 Å². The van der Waals surface area contributed by atoms with Crippen molar-refractivity contribution in [2.75, 3.05) is 14.6 Å². The number of fused-ring (bicyclic) bond motifs is 10. The number of rotatable bonds is 5. The van der Waals surface area contributed by atoms with Gasteiger partial charge in [-0.2, -0.15) is 0 Å². The average Bonchev–Trinajstić information content (AvgIpc) is 2.87. The van der Waals surface area contributed by atoms with Crippen molar-refractivity contribution in [3.05, 3.63) is 190 Å². The SMILES string of the molecule is Cc1cc2c(cc1N1c3cc(N(c4cccc(C(C)(C)C)c4)c4cccc(C(C)(C)C)c4)ccc3B3c4c(cc(C(C)(C)C)cc41)-c1c(ccc4c1oc1ccccc14)N3c1ccc3c(c1)C(C)(C)CCC3(C)C)C(C)(C)CCC2(C)C. The van der Waals surface area contributed by atoms with Crippen LogP contribution in [0, 0.1) is 6.92 Å². The number of hydrogen-bond donors (Lipinski definition) is 0. The maximum Gasteiger partial charge on any atom is 0.333 e. The lowest BCUT2D eigenvalue weighted by Crippen LogP contribution is -2.61. The summed E-state index contributed by atoms with van der Waals surface area (Å²) < 4.78 is 7.24. The lowest BCUT2D eigenvalue weighted by atomic mass is 9.43. The van der Waals surface area contributed by atoms with E-state index in [2.05, 4.69) is 285 Å². The molecule has 0 saturated carbocycles. The quantitative estimate of drug-likeness (QED) is 0.160. The van der Waals surface area contributed by atoms with Crippen LogP contribution in [0.4, 0.5) is 45.5 Å². The number of hydrogen-bond acceptors (Lipinski definition) is 4. The van der Waals surface area contributed by atoms with E-state index in [1.807, 2.05) is 0 Å². The predicted octanol–water partition coefficient (Wildman–Crippen LogP) is 20.7. The molecule has 82 heavy (non-hydrogen) atoms. The average molecular weight is 1080 g/mol. The molecule has 418 valence electrons. The number of aryl methyl sites for hydroxylation is 1. The summed E-state index contributed by atoms with van der Waals surface area (Å²) >= 11 is 0. The van der Waals surface area contributed by atoms with E-state index in [4.69, 9.17) is 4.42 Å². The van der Waals surface area contributed by atoms with E-state index in [1.54, 1.807) is 0 Å². The van der Waals surface area contributed by atoms with Gasteiger partial charge in [-0.3, -0.25) is 0 Å². The molecule has 4 nitrogen and oxygen atoms in total. The van der Waals surface area contributed by atoms with Crippen molar-refractivity contribution >= 4 is 85.2 Å². The normalized spacial score (nSPS) is 17.5. The largest absolute Gasteiger partial charge is 0.455 e. The highest BCUT2D eigenvalue weighted by atomic mass is 16.3. The summed E-state index contributed by atoms with van der Waals surface area (Å²) in [5.41, 5.74) is 27.2. The van der Waals surface area contributed by atoms with Gasteiger partial charge in [0.05, 0.1) is 0 Å². The van der Waals surface area contributed by atoms with Crippen molar-refractivity contribution in [3.63, 3.8) is 0 Å². The van der Waals surface area contributed by atoms with E-state index in [-0.39, 0.29) is 44.8 Å². The molecule has 9 aromatic rings. The summed E-state index contributed by atoms with van der Waals surface area (Å²) in [7, 11) is 0. The first-order valence-corrected chi connectivity index (χ1v) is 30.6. The van der Waals surface area contributed by atoms with Crippen LogP contribution in [-0.4, -0.2) is 6.85 Å². The smallest absolute Gasteiger partial charge is 0.333 e. The van der Waals surface area contributed by atoms with Gasteiger partial charge in [-0.1, -0.05) is 184 Å². The highest BCUT2D eigenvalue weighted by Gasteiger charge is 2.49. The van der Waals surface area contributed by atoms with Crippen molar-refractivity contribution in [3.8, 4) is 11.1 Å². The highest BCUT2D eigenvalue weighted by Crippen LogP contribution is 2.56. The molecule has 0 fully saturated rings. The van der Waals surface area contributed by atoms with Gasteiger partial charge < -0.3 is 19.0 Å². The second-order valence-corrected chi connectivity index (χ2v) is 30.9. The molecule has 5 heteroatoms. The third kappa shape index (κ3) is 8.51. The summed E-state index contributed by atoms with van der Waals surface area (Å²) in [6.45, 7) is 43.0. The molecule has 0 saturated heterocycles. The zero-order chi connectivity index (χ0) is 58.2. The Morgan fingerprint density at radius 3 is 1.62 bits per heavy atom. The summed E-state index contributed by atoms with van der Waals surface area (Å²) in [6.07, 6.45) is 4.60. The minimum atomic E-state index is -0.193. The molecule has 13 rings (SSSR count). The van der Waals surface area contributed by atoms with Gasteiger partial charge in [0.1, 0.15) is 11.2 Å². The fourth-order valence-corrected chi connectivity index (χ4v) is 14.7. The first-order valence-electron chi connectivity index (χ1n) is 30.6. The Balaban J connectivity index is 1.18.